The van der Waals surface area contributed by atoms with E-state index in [2.05, 4.69) is 16.0 Å². The van der Waals surface area contributed by atoms with Crippen LogP contribution in [0.2, 0.25) is 0 Å². The monoisotopic (exact) mass is 788 g/mol. The highest BCUT2D eigenvalue weighted by Gasteiger charge is 2.56. The lowest BCUT2D eigenvalue weighted by Gasteiger charge is -2.50. The summed E-state index contributed by atoms with van der Waals surface area (Å²) in [6.07, 6.45) is -26.1. The summed E-state index contributed by atoms with van der Waals surface area (Å²) >= 11 is 0. The first kappa shape index (κ1) is 44.4. The third-order valence-corrected chi connectivity index (χ3v) is 9.49. The van der Waals surface area contributed by atoms with Gasteiger partial charge >= 0.3 is 0 Å². The number of carbonyl (C=O) groups is 3. The van der Waals surface area contributed by atoms with E-state index in [0.29, 0.717) is 0 Å². The van der Waals surface area contributed by atoms with Crippen molar-refractivity contribution in [1.29, 1.82) is 0 Å². The topological polar surface area (TPSA) is 380 Å². The van der Waals surface area contributed by atoms with Gasteiger partial charge in [-0.2, -0.15) is 0 Å². The predicted molar refractivity (Wildman–Crippen MR) is 171 cm³/mol. The Balaban J connectivity index is 1.59. The van der Waals surface area contributed by atoms with E-state index in [1.54, 1.807) is 0 Å². The number of nitrogens with two attached hydrogens (primary N) is 1. The van der Waals surface area contributed by atoms with Crippen LogP contribution in [-0.4, -0.2) is 218 Å². The highest BCUT2D eigenvalue weighted by Crippen LogP contribution is 2.34. The molecular formula is C30H52N4O20. The van der Waals surface area contributed by atoms with Crippen LogP contribution in [0.15, 0.2) is 0 Å². The first-order valence-electron chi connectivity index (χ1n) is 17.1. The highest BCUT2D eigenvalue weighted by molar-refractivity contribution is 5.74. The summed E-state index contributed by atoms with van der Waals surface area (Å²) in [5.41, 5.74) is 5.98. The van der Waals surface area contributed by atoms with E-state index >= 15 is 0 Å². The molecule has 15 N–H and O–H groups in total. The second-order valence-electron chi connectivity index (χ2n) is 13.4. The quantitative estimate of drug-likeness (QED) is 0.0824. The summed E-state index contributed by atoms with van der Waals surface area (Å²) in [4.78, 5) is 36.3. The van der Waals surface area contributed by atoms with Gasteiger partial charge in [-0.3, -0.25) is 14.4 Å². The standard InChI is InChI=1S/C30H52N4O20/c1-8(39)32-16-21(44)24(12(5-36)48-27(16)47)53-29-18(34-10(3)41)23(46)26(14(7-38)51-29)54-30-17(33-9(2)40)22(45)25(13(6-37)50-30)52-28-15(31)20(43)19(42)11(4-35)49-28/h11-30,35-38,42-47H,4-7,31H2,1-3H3,(H,32,39)(H,33,40)(H,34,41)/t11?,12?,13?,14?,15?,16?,17?,18?,19-,20-,21?,22?,23-,24-,25-,26-,27-,28+,29+,30+/m1/s1. The van der Waals surface area contributed by atoms with Crippen molar-refractivity contribution in [3.8, 4) is 0 Å². The summed E-state index contributed by atoms with van der Waals surface area (Å²) in [5, 5.41) is 112. The van der Waals surface area contributed by atoms with Crippen molar-refractivity contribution in [2.24, 2.45) is 5.73 Å². The van der Waals surface area contributed by atoms with Crippen LogP contribution >= 0.6 is 0 Å². The van der Waals surface area contributed by atoms with Crippen LogP contribution in [0.4, 0.5) is 0 Å². The Morgan fingerprint density at radius 3 is 1.22 bits per heavy atom. The van der Waals surface area contributed by atoms with E-state index in [1.165, 1.54) is 0 Å². The Hall–Kier alpha value is -2.31. The molecule has 4 aliphatic heterocycles. The third-order valence-electron chi connectivity index (χ3n) is 9.49. The number of ether oxygens (including phenoxy) is 7. The minimum atomic E-state index is -1.87. The van der Waals surface area contributed by atoms with E-state index in [-0.39, 0.29) is 0 Å². The Morgan fingerprint density at radius 1 is 0.500 bits per heavy atom. The van der Waals surface area contributed by atoms with Gasteiger partial charge in [-0.05, 0) is 0 Å². The number of rotatable bonds is 13. The second-order valence-corrected chi connectivity index (χ2v) is 13.4. The van der Waals surface area contributed by atoms with Gasteiger partial charge in [0.25, 0.3) is 0 Å². The Morgan fingerprint density at radius 2 is 0.833 bits per heavy atom. The molecule has 0 bridgehead atoms. The first-order valence-corrected chi connectivity index (χ1v) is 17.1. The minimum Gasteiger partial charge on any atom is -0.394 e. The molecule has 4 heterocycles. The molecule has 24 nitrogen and oxygen atoms in total. The van der Waals surface area contributed by atoms with Gasteiger partial charge in [0, 0.05) is 20.8 Å². The lowest BCUT2D eigenvalue weighted by molar-refractivity contribution is -0.361. The maximum Gasteiger partial charge on any atom is 0.217 e. The smallest absolute Gasteiger partial charge is 0.217 e. The number of aliphatic hydroxyl groups excluding tert-OH is 10. The van der Waals surface area contributed by atoms with Crippen molar-refractivity contribution >= 4 is 17.7 Å². The van der Waals surface area contributed by atoms with E-state index in [1.807, 2.05) is 0 Å². The fourth-order valence-corrected chi connectivity index (χ4v) is 6.81. The van der Waals surface area contributed by atoms with Crippen LogP contribution in [0.25, 0.3) is 0 Å². The zero-order valence-corrected chi connectivity index (χ0v) is 29.5. The molecule has 312 valence electrons. The highest BCUT2D eigenvalue weighted by atomic mass is 16.8. The van der Waals surface area contributed by atoms with Crippen molar-refractivity contribution in [3.63, 3.8) is 0 Å². The average Bonchev–Trinajstić information content (AvgIpc) is 3.12. The lowest BCUT2D eigenvalue weighted by atomic mass is 9.93. The molecule has 0 spiro atoms. The van der Waals surface area contributed by atoms with Gasteiger partial charge < -0.3 is 106 Å². The molecule has 24 heteroatoms. The van der Waals surface area contributed by atoms with Gasteiger partial charge in [0.05, 0.1) is 32.5 Å². The first-order chi connectivity index (χ1) is 25.5. The van der Waals surface area contributed by atoms with Gasteiger partial charge in [0.1, 0.15) is 91.4 Å². The number of hydrogen-bond acceptors (Lipinski definition) is 21. The molecule has 0 aromatic rings. The third kappa shape index (κ3) is 9.79. The van der Waals surface area contributed by atoms with Gasteiger partial charge in [-0.25, -0.2) is 0 Å². The summed E-state index contributed by atoms with van der Waals surface area (Å²) in [6, 6.07) is -6.00. The molecule has 54 heavy (non-hydrogen) atoms. The molecule has 4 aliphatic rings. The average molecular weight is 789 g/mol. The molecule has 4 rings (SSSR count). The molecule has 0 radical (unpaired) electrons. The Kier molecular flexibility index (Phi) is 15.8. The van der Waals surface area contributed by atoms with Crippen molar-refractivity contribution in [1.82, 2.24) is 16.0 Å². The van der Waals surface area contributed by atoms with E-state index in [4.69, 9.17) is 38.9 Å². The number of hydrogen-bond donors (Lipinski definition) is 14. The number of amides is 3. The summed E-state index contributed by atoms with van der Waals surface area (Å²) in [7, 11) is 0. The molecule has 20 atom stereocenters. The van der Waals surface area contributed by atoms with E-state index in [9.17, 15) is 65.4 Å². The molecule has 0 aromatic carbocycles. The molecule has 0 aromatic heterocycles. The Labute approximate surface area is 308 Å². The van der Waals surface area contributed by atoms with Crippen LogP contribution < -0.4 is 21.7 Å². The van der Waals surface area contributed by atoms with Crippen LogP contribution in [0, 0.1) is 0 Å². The Bertz CT molecular complexity index is 1260. The van der Waals surface area contributed by atoms with Crippen LogP contribution in [0.1, 0.15) is 20.8 Å². The van der Waals surface area contributed by atoms with Gasteiger partial charge in [-0.15, -0.1) is 0 Å². The zero-order chi connectivity index (χ0) is 40.2. The summed E-state index contributed by atoms with van der Waals surface area (Å²) in [5.74, 6) is -2.11. The summed E-state index contributed by atoms with van der Waals surface area (Å²) in [6.45, 7) is -0.0467. The van der Waals surface area contributed by atoms with Gasteiger partial charge in [-0.1, -0.05) is 0 Å². The largest absolute Gasteiger partial charge is 0.394 e. The van der Waals surface area contributed by atoms with Crippen molar-refractivity contribution in [2.45, 2.75) is 143 Å². The zero-order valence-electron chi connectivity index (χ0n) is 29.5. The molecule has 4 saturated heterocycles. The fraction of sp³-hybridized carbons (Fsp3) is 0.900. The lowest BCUT2D eigenvalue weighted by Crippen LogP contribution is -2.71. The van der Waals surface area contributed by atoms with Crippen LogP contribution in [0.5, 0.6) is 0 Å². The molecule has 4 fully saturated rings. The maximum atomic E-state index is 12.3. The number of nitrogens with one attached hydrogen (secondary N) is 3. The predicted octanol–water partition coefficient (Wildman–Crippen LogP) is -9.35. The molecular weight excluding hydrogens is 736 g/mol. The molecule has 0 aliphatic carbocycles. The minimum absolute atomic E-state index is 0.655. The SMILES string of the molecule is CC(=O)NC1C(O)[C@H](O[C@@H]2OC(CO)[C@@H](O)[C@H](O)C2N)C(CO)O[C@H]1O[C@@H]1C(CO)O[C@@H](O[C@@H]2C(CO)O[C@@H](O)C(NC(C)=O)C2O)C(NC(C)=O)[C@H]1O. The van der Waals surface area contributed by atoms with E-state index < -0.39 is 167 Å². The molecule has 3 amide bonds. The number of aliphatic hydroxyl groups is 10. The van der Waals surface area contributed by atoms with Gasteiger partial charge in [0.15, 0.2) is 25.2 Å². The number of carbonyl (C=O) groups excluding carboxylic acids is 3. The maximum absolute atomic E-state index is 12.3. The fourth-order valence-electron chi connectivity index (χ4n) is 6.81. The van der Waals surface area contributed by atoms with Gasteiger partial charge in [0.2, 0.25) is 17.7 Å². The molecule has 10 unspecified atom stereocenters. The summed E-state index contributed by atoms with van der Waals surface area (Å²) < 4.78 is 40.3. The van der Waals surface area contributed by atoms with Crippen LogP contribution in [-0.2, 0) is 47.5 Å². The normalized spacial score (nSPS) is 45.7. The van der Waals surface area contributed by atoms with Crippen molar-refractivity contribution in [2.75, 3.05) is 26.4 Å². The van der Waals surface area contributed by atoms with Crippen LogP contribution in [0.3, 0.4) is 0 Å². The van der Waals surface area contributed by atoms with Crippen molar-refractivity contribution < 1.29 is 98.6 Å². The second kappa shape index (κ2) is 19.2. The van der Waals surface area contributed by atoms with Crippen molar-refractivity contribution in [3.05, 3.63) is 0 Å². The molecule has 0 saturated carbocycles. The van der Waals surface area contributed by atoms with E-state index in [0.717, 1.165) is 20.8 Å².